The van der Waals surface area contributed by atoms with Crippen LogP contribution in [0.3, 0.4) is 0 Å². The molecule has 0 saturated carbocycles. The Kier molecular flexibility index (Phi) is 6.47. The predicted molar refractivity (Wildman–Crippen MR) is 83.3 cm³/mol. The Bertz CT molecular complexity index is 530. The van der Waals surface area contributed by atoms with Gasteiger partial charge < -0.3 is 9.47 Å². The zero-order chi connectivity index (χ0) is 14.2. The highest BCUT2D eigenvalue weighted by atomic mass is 35.5. The molecular weight excluding hydrogens is 294 g/mol. The van der Waals surface area contributed by atoms with Crippen LogP contribution in [-0.2, 0) is 22.0 Å². The topological polar surface area (TPSA) is 31.4 Å². The maximum Gasteiger partial charge on any atom is 0.124 e. The molecule has 1 heterocycles. The van der Waals surface area contributed by atoms with E-state index in [-0.39, 0.29) is 0 Å². The Balaban J connectivity index is 2.02. The van der Waals surface area contributed by atoms with Crippen LogP contribution < -0.4 is 0 Å². The van der Waals surface area contributed by atoms with E-state index in [1.807, 2.05) is 24.4 Å². The standard InChI is InChI=1S/C15H18ClNO2S/c1-2-18-7-8-19-10-12-5-3-4-6-14(12)15-17-13(9-16)11-20-15/h3-6,11H,2,7-10H2,1H3. The molecule has 2 rings (SSSR count). The molecule has 3 nitrogen and oxygen atoms in total. The number of benzene rings is 1. The summed E-state index contributed by atoms with van der Waals surface area (Å²) in [5, 5.41) is 2.99. The normalized spacial score (nSPS) is 10.9. The van der Waals surface area contributed by atoms with Crippen molar-refractivity contribution in [2.75, 3.05) is 19.8 Å². The molecule has 1 aromatic carbocycles. The van der Waals surface area contributed by atoms with E-state index in [0.29, 0.717) is 25.7 Å². The van der Waals surface area contributed by atoms with Crippen LogP contribution in [0.25, 0.3) is 10.6 Å². The van der Waals surface area contributed by atoms with Gasteiger partial charge >= 0.3 is 0 Å². The maximum atomic E-state index is 5.81. The van der Waals surface area contributed by atoms with E-state index in [1.165, 1.54) is 0 Å². The largest absolute Gasteiger partial charge is 0.379 e. The van der Waals surface area contributed by atoms with Gasteiger partial charge in [-0.25, -0.2) is 4.98 Å². The highest BCUT2D eigenvalue weighted by Crippen LogP contribution is 2.28. The summed E-state index contributed by atoms with van der Waals surface area (Å²) in [6.07, 6.45) is 0. The first-order valence-corrected chi connectivity index (χ1v) is 8.00. The van der Waals surface area contributed by atoms with Crippen LogP contribution in [-0.4, -0.2) is 24.8 Å². The van der Waals surface area contributed by atoms with Crippen molar-refractivity contribution in [3.63, 3.8) is 0 Å². The van der Waals surface area contributed by atoms with E-state index in [4.69, 9.17) is 21.1 Å². The number of nitrogens with zero attached hydrogens (tertiary/aromatic N) is 1. The second-order valence-electron chi connectivity index (χ2n) is 4.18. The van der Waals surface area contributed by atoms with Crippen molar-refractivity contribution in [1.82, 2.24) is 4.98 Å². The van der Waals surface area contributed by atoms with Gasteiger partial charge in [0.1, 0.15) is 5.01 Å². The number of aromatic nitrogens is 1. The SMILES string of the molecule is CCOCCOCc1ccccc1-c1nc(CCl)cs1. The summed E-state index contributed by atoms with van der Waals surface area (Å²) in [5.74, 6) is 0.448. The zero-order valence-electron chi connectivity index (χ0n) is 11.5. The van der Waals surface area contributed by atoms with E-state index < -0.39 is 0 Å². The van der Waals surface area contributed by atoms with E-state index in [0.717, 1.165) is 28.4 Å². The lowest BCUT2D eigenvalue weighted by Crippen LogP contribution is -2.04. The number of alkyl halides is 1. The Morgan fingerprint density at radius 3 is 2.75 bits per heavy atom. The molecule has 0 atom stereocenters. The fourth-order valence-corrected chi connectivity index (χ4v) is 2.90. The first-order chi connectivity index (χ1) is 9.85. The molecule has 0 amide bonds. The van der Waals surface area contributed by atoms with E-state index >= 15 is 0 Å². The fraction of sp³-hybridized carbons (Fsp3) is 0.400. The molecule has 0 spiro atoms. The molecular formula is C15H18ClNO2S. The number of hydrogen-bond donors (Lipinski definition) is 0. The summed E-state index contributed by atoms with van der Waals surface area (Å²) in [4.78, 5) is 4.52. The number of ether oxygens (including phenoxy) is 2. The van der Waals surface area contributed by atoms with Gasteiger partial charge in [-0.3, -0.25) is 0 Å². The van der Waals surface area contributed by atoms with Gasteiger partial charge in [-0.15, -0.1) is 22.9 Å². The molecule has 108 valence electrons. The Labute approximate surface area is 128 Å². The van der Waals surface area contributed by atoms with Gasteiger partial charge in [0.05, 0.1) is 31.4 Å². The van der Waals surface area contributed by atoms with Gasteiger partial charge in [0.2, 0.25) is 0 Å². The van der Waals surface area contributed by atoms with Crippen LogP contribution in [0.15, 0.2) is 29.6 Å². The summed E-state index contributed by atoms with van der Waals surface area (Å²) in [7, 11) is 0. The molecule has 0 saturated heterocycles. The highest BCUT2D eigenvalue weighted by molar-refractivity contribution is 7.13. The van der Waals surface area contributed by atoms with Crippen molar-refractivity contribution in [3.05, 3.63) is 40.9 Å². The molecule has 0 unspecified atom stereocenters. The number of rotatable bonds is 8. The first kappa shape index (κ1) is 15.4. The van der Waals surface area contributed by atoms with E-state index in [2.05, 4.69) is 17.1 Å². The highest BCUT2D eigenvalue weighted by Gasteiger charge is 2.09. The molecule has 0 aliphatic heterocycles. The quantitative estimate of drug-likeness (QED) is 0.543. The number of hydrogen-bond acceptors (Lipinski definition) is 4. The lowest BCUT2D eigenvalue weighted by Gasteiger charge is -2.08. The molecule has 0 radical (unpaired) electrons. The second kappa shape index (κ2) is 8.37. The minimum absolute atomic E-state index is 0.448. The number of thiazole rings is 1. The molecule has 5 heteroatoms. The number of halogens is 1. The lowest BCUT2D eigenvalue weighted by atomic mass is 10.1. The third-order valence-corrected chi connectivity index (χ3v) is 3.97. The van der Waals surface area contributed by atoms with Crippen LogP contribution in [0.2, 0.25) is 0 Å². The Morgan fingerprint density at radius 2 is 2.00 bits per heavy atom. The van der Waals surface area contributed by atoms with Gasteiger partial charge in [-0.05, 0) is 12.5 Å². The average Bonchev–Trinajstić information content (AvgIpc) is 2.96. The molecule has 0 bridgehead atoms. The molecule has 2 aromatic rings. The zero-order valence-corrected chi connectivity index (χ0v) is 13.0. The van der Waals surface area contributed by atoms with E-state index in [1.54, 1.807) is 11.3 Å². The van der Waals surface area contributed by atoms with Crippen LogP contribution in [0.5, 0.6) is 0 Å². The van der Waals surface area contributed by atoms with Gasteiger partial charge in [0.25, 0.3) is 0 Å². The van der Waals surface area contributed by atoms with Crippen LogP contribution in [0.1, 0.15) is 18.2 Å². The van der Waals surface area contributed by atoms with Crippen molar-refractivity contribution in [1.29, 1.82) is 0 Å². The Morgan fingerprint density at radius 1 is 1.20 bits per heavy atom. The van der Waals surface area contributed by atoms with Gasteiger partial charge in [-0.1, -0.05) is 24.3 Å². The third-order valence-electron chi connectivity index (χ3n) is 2.77. The lowest BCUT2D eigenvalue weighted by molar-refractivity contribution is 0.0454. The van der Waals surface area contributed by atoms with Crippen LogP contribution >= 0.6 is 22.9 Å². The van der Waals surface area contributed by atoms with Crippen molar-refractivity contribution >= 4 is 22.9 Å². The van der Waals surface area contributed by atoms with Gasteiger partial charge in [-0.2, -0.15) is 0 Å². The minimum Gasteiger partial charge on any atom is -0.379 e. The summed E-state index contributed by atoms with van der Waals surface area (Å²) >= 11 is 7.42. The van der Waals surface area contributed by atoms with E-state index in [9.17, 15) is 0 Å². The summed E-state index contributed by atoms with van der Waals surface area (Å²) in [6, 6.07) is 8.16. The van der Waals surface area contributed by atoms with Crippen LogP contribution in [0.4, 0.5) is 0 Å². The summed E-state index contributed by atoms with van der Waals surface area (Å²) < 4.78 is 10.9. The molecule has 0 aliphatic rings. The van der Waals surface area contributed by atoms with Crippen molar-refractivity contribution in [2.45, 2.75) is 19.4 Å². The monoisotopic (exact) mass is 311 g/mol. The molecule has 0 fully saturated rings. The predicted octanol–water partition coefficient (Wildman–Crippen LogP) is 4.10. The van der Waals surface area contributed by atoms with Crippen molar-refractivity contribution in [2.24, 2.45) is 0 Å². The van der Waals surface area contributed by atoms with Gasteiger partial charge in [0.15, 0.2) is 0 Å². The first-order valence-electron chi connectivity index (χ1n) is 6.59. The van der Waals surface area contributed by atoms with Crippen molar-refractivity contribution in [3.8, 4) is 10.6 Å². The molecule has 0 aliphatic carbocycles. The summed E-state index contributed by atoms with van der Waals surface area (Å²) in [5.41, 5.74) is 3.17. The fourth-order valence-electron chi connectivity index (χ4n) is 1.79. The third kappa shape index (κ3) is 4.28. The maximum absolute atomic E-state index is 5.81. The molecule has 1 aromatic heterocycles. The van der Waals surface area contributed by atoms with Gasteiger partial charge in [0, 0.05) is 17.6 Å². The average molecular weight is 312 g/mol. The summed E-state index contributed by atoms with van der Waals surface area (Å²) in [6.45, 7) is 4.50. The Hall–Kier alpha value is -0.940. The smallest absolute Gasteiger partial charge is 0.124 e. The second-order valence-corrected chi connectivity index (χ2v) is 5.31. The minimum atomic E-state index is 0.448. The van der Waals surface area contributed by atoms with Crippen molar-refractivity contribution < 1.29 is 9.47 Å². The van der Waals surface area contributed by atoms with Crippen LogP contribution in [0, 0.1) is 0 Å². The molecule has 20 heavy (non-hydrogen) atoms. The molecule has 0 N–H and O–H groups in total.